The maximum absolute atomic E-state index is 11.9. The van der Waals surface area contributed by atoms with Crippen molar-refractivity contribution in [2.45, 2.75) is 18.7 Å². The Morgan fingerprint density at radius 1 is 1.43 bits per heavy atom. The first-order valence-corrected chi connectivity index (χ1v) is 7.72. The summed E-state index contributed by atoms with van der Waals surface area (Å²) >= 11 is 1.57. The lowest BCUT2D eigenvalue weighted by Gasteiger charge is -2.21. The molecule has 0 saturated carbocycles. The van der Waals surface area contributed by atoms with Crippen LogP contribution in [0.2, 0.25) is 0 Å². The van der Waals surface area contributed by atoms with E-state index < -0.39 is 0 Å². The molecule has 0 aromatic heterocycles. The Morgan fingerprint density at radius 3 is 2.95 bits per heavy atom. The minimum Gasteiger partial charge on any atom is -0.463 e. The molecule has 2 amide bonds. The van der Waals surface area contributed by atoms with Crippen molar-refractivity contribution in [1.29, 1.82) is 0 Å². The van der Waals surface area contributed by atoms with Crippen LogP contribution < -0.4 is 10.6 Å². The molecule has 112 valence electrons. The van der Waals surface area contributed by atoms with E-state index in [0.29, 0.717) is 23.6 Å². The standard InChI is InChI=1S/C15H18N2O3S/c1-3-20-14(18)12-8-16-15(19)17-13(12)9-21-11-6-4-5-10(2)7-11/h4-7H,3,8-9H2,1-2H3,(H2,16,17,19). The highest BCUT2D eigenvalue weighted by molar-refractivity contribution is 7.99. The highest BCUT2D eigenvalue weighted by Gasteiger charge is 2.23. The molecule has 2 N–H and O–H groups in total. The van der Waals surface area contributed by atoms with Gasteiger partial charge >= 0.3 is 12.0 Å². The van der Waals surface area contributed by atoms with Gasteiger partial charge in [0.1, 0.15) is 0 Å². The molecule has 0 spiro atoms. The summed E-state index contributed by atoms with van der Waals surface area (Å²) in [6, 6.07) is 7.80. The van der Waals surface area contributed by atoms with Crippen molar-refractivity contribution in [2.75, 3.05) is 18.9 Å². The number of thioether (sulfide) groups is 1. The number of hydrogen-bond donors (Lipinski definition) is 2. The summed E-state index contributed by atoms with van der Waals surface area (Å²) in [7, 11) is 0. The highest BCUT2D eigenvalue weighted by Crippen LogP contribution is 2.23. The molecular weight excluding hydrogens is 288 g/mol. The second-order valence-electron chi connectivity index (χ2n) is 4.59. The fourth-order valence-corrected chi connectivity index (χ4v) is 2.93. The first-order chi connectivity index (χ1) is 10.1. The highest BCUT2D eigenvalue weighted by atomic mass is 32.2. The van der Waals surface area contributed by atoms with Gasteiger partial charge in [-0.25, -0.2) is 9.59 Å². The lowest BCUT2D eigenvalue weighted by molar-refractivity contribution is -0.138. The van der Waals surface area contributed by atoms with E-state index >= 15 is 0 Å². The van der Waals surface area contributed by atoms with E-state index in [2.05, 4.69) is 16.7 Å². The number of hydrogen-bond acceptors (Lipinski definition) is 4. The van der Waals surface area contributed by atoms with Gasteiger partial charge in [-0.2, -0.15) is 0 Å². The van der Waals surface area contributed by atoms with Gasteiger partial charge in [-0.3, -0.25) is 0 Å². The molecule has 1 aliphatic rings. The third-order valence-corrected chi connectivity index (χ3v) is 3.97. The van der Waals surface area contributed by atoms with Crippen molar-refractivity contribution in [3.8, 4) is 0 Å². The fourth-order valence-electron chi connectivity index (χ4n) is 1.93. The number of urea groups is 1. The van der Waals surface area contributed by atoms with Gasteiger partial charge in [0.2, 0.25) is 0 Å². The fraction of sp³-hybridized carbons (Fsp3) is 0.333. The van der Waals surface area contributed by atoms with E-state index in [1.165, 1.54) is 5.56 Å². The van der Waals surface area contributed by atoms with Gasteiger partial charge in [0, 0.05) is 16.3 Å². The Hall–Kier alpha value is -1.95. The Labute approximate surface area is 128 Å². The van der Waals surface area contributed by atoms with Crippen molar-refractivity contribution in [1.82, 2.24) is 10.6 Å². The number of benzene rings is 1. The van der Waals surface area contributed by atoms with E-state index in [1.54, 1.807) is 18.7 Å². The molecule has 1 aliphatic heterocycles. The third-order valence-electron chi connectivity index (χ3n) is 2.95. The largest absolute Gasteiger partial charge is 0.463 e. The van der Waals surface area contributed by atoms with Crippen LogP contribution >= 0.6 is 11.8 Å². The average molecular weight is 306 g/mol. The van der Waals surface area contributed by atoms with Gasteiger partial charge in [0.05, 0.1) is 18.7 Å². The number of rotatable bonds is 5. The topological polar surface area (TPSA) is 67.4 Å². The minimum absolute atomic E-state index is 0.203. The number of esters is 1. The normalized spacial score (nSPS) is 14.5. The van der Waals surface area contributed by atoms with Crippen LogP contribution in [-0.2, 0) is 9.53 Å². The number of amides is 2. The Morgan fingerprint density at radius 2 is 2.24 bits per heavy atom. The van der Waals surface area contributed by atoms with E-state index in [1.807, 2.05) is 25.1 Å². The van der Waals surface area contributed by atoms with Crippen LogP contribution in [0, 0.1) is 6.92 Å². The number of aryl methyl sites for hydroxylation is 1. The number of ether oxygens (including phenoxy) is 1. The summed E-state index contributed by atoms with van der Waals surface area (Å²) in [5, 5.41) is 5.29. The molecule has 0 atom stereocenters. The Balaban J connectivity index is 2.12. The van der Waals surface area contributed by atoms with Crippen molar-refractivity contribution < 1.29 is 14.3 Å². The van der Waals surface area contributed by atoms with Crippen LogP contribution in [0.4, 0.5) is 4.79 Å². The van der Waals surface area contributed by atoms with E-state index in [4.69, 9.17) is 4.74 Å². The summed E-state index contributed by atoms with van der Waals surface area (Å²) < 4.78 is 5.02. The molecule has 2 rings (SSSR count). The smallest absolute Gasteiger partial charge is 0.337 e. The van der Waals surface area contributed by atoms with Crippen LogP contribution in [0.3, 0.4) is 0 Å². The molecular formula is C15H18N2O3S. The van der Waals surface area contributed by atoms with Gasteiger partial charge in [-0.1, -0.05) is 17.7 Å². The van der Waals surface area contributed by atoms with Crippen LogP contribution in [0.1, 0.15) is 12.5 Å². The molecule has 0 aliphatic carbocycles. The van der Waals surface area contributed by atoms with Crippen LogP contribution in [0.25, 0.3) is 0 Å². The minimum atomic E-state index is -0.384. The summed E-state index contributed by atoms with van der Waals surface area (Å²) in [6.45, 7) is 4.30. The van der Waals surface area contributed by atoms with Gasteiger partial charge in [-0.15, -0.1) is 11.8 Å². The zero-order valence-corrected chi connectivity index (χ0v) is 12.9. The van der Waals surface area contributed by atoms with Crippen molar-refractivity contribution in [2.24, 2.45) is 0 Å². The summed E-state index contributed by atoms with van der Waals surface area (Å²) in [5.41, 5.74) is 2.27. The van der Waals surface area contributed by atoms with Gasteiger partial charge in [-0.05, 0) is 26.0 Å². The van der Waals surface area contributed by atoms with Gasteiger partial charge in [0.25, 0.3) is 0 Å². The Kier molecular flexibility index (Phi) is 5.27. The zero-order chi connectivity index (χ0) is 15.2. The summed E-state index contributed by atoms with van der Waals surface area (Å²) in [4.78, 5) is 24.4. The first-order valence-electron chi connectivity index (χ1n) is 6.73. The molecule has 0 fully saturated rings. The molecule has 21 heavy (non-hydrogen) atoms. The van der Waals surface area contributed by atoms with Gasteiger partial charge in [0.15, 0.2) is 0 Å². The van der Waals surface area contributed by atoms with E-state index in [0.717, 1.165) is 4.90 Å². The van der Waals surface area contributed by atoms with Crippen LogP contribution in [0.15, 0.2) is 40.4 Å². The maximum Gasteiger partial charge on any atom is 0.337 e. The molecule has 1 heterocycles. The summed E-state index contributed by atoms with van der Waals surface area (Å²) in [6.07, 6.45) is 0. The summed E-state index contributed by atoms with van der Waals surface area (Å²) in [5.74, 6) is 0.134. The lowest BCUT2D eigenvalue weighted by atomic mass is 10.2. The van der Waals surface area contributed by atoms with E-state index in [9.17, 15) is 9.59 Å². The quantitative estimate of drug-likeness (QED) is 0.646. The number of nitrogens with one attached hydrogen (secondary N) is 2. The average Bonchev–Trinajstić information content (AvgIpc) is 2.45. The molecule has 0 bridgehead atoms. The predicted octanol–water partition coefficient (Wildman–Crippen LogP) is 2.22. The molecule has 0 radical (unpaired) electrons. The number of carbonyl (C=O) groups is 2. The first kappa shape index (κ1) is 15.4. The predicted molar refractivity (Wildman–Crippen MR) is 82.1 cm³/mol. The SMILES string of the molecule is CCOC(=O)C1=C(CSc2cccc(C)c2)NC(=O)NC1. The molecule has 0 saturated heterocycles. The van der Waals surface area contributed by atoms with Crippen molar-refractivity contribution in [3.63, 3.8) is 0 Å². The molecule has 5 nitrogen and oxygen atoms in total. The maximum atomic E-state index is 11.9. The molecule has 0 unspecified atom stereocenters. The lowest BCUT2D eigenvalue weighted by Crippen LogP contribution is -2.44. The third kappa shape index (κ3) is 4.26. The monoisotopic (exact) mass is 306 g/mol. The Bertz CT molecular complexity index is 584. The number of carbonyl (C=O) groups excluding carboxylic acids is 2. The molecule has 1 aromatic rings. The second-order valence-corrected chi connectivity index (χ2v) is 5.64. The molecule has 1 aromatic carbocycles. The van der Waals surface area contributed by atoms with Crippen LogP contribution in [0.5, 0.6) is 0 Å². The van der Waals surface area contributed by atoms with Gasteiger partial charge < -0.3 is 15.4 Å². The zero-order valence-electron chi connectivity index (χ0n) is 12.1. The molecule has 6 heteroatoms. The van der Waals surface area contributed by atoms with Crippen LogP contribution in [-0.4, -0.2) is 30.9 Å². The second kappa shape index (κ2) is 7.17. The van der Waals surface area contributed by atoms with Crippen molar-refractivity contribution in [3.05, 3.63) is 41.1 Å². The van der Waals surface area contributed by atoms with E-state index in [-0.39, 0.29) is 18.5 Å². The van der Waals surface area contributed by atoms with Crippen molar-refractivity contribution >= 4 is 23.8 Å².